The third-order valence-corrected chi connectivity index (χ3v) is 7.50. The van der Waals surface area contributed by atoms with E-state index in [0.717, 1.165) is 77.8 Å². The average molecular weight is 442 g/mol. The molecule has 10 heteroatoms. The number of thiophene rings is 1. The molecule has 3 aliphatic heterocycles. The molecule has 2 fully saturated rings. The number of fused-ring (bicyclic) bond motifs is 5. The van der Waals surface area contributed by atoms with E-state index in [1.165, 1.54) is 11.1 Å². The lowest BCUT2D eigenvalue weighted by Crippen LogP contribution is -2.45. The van der Waals surface area contributed by atoms with Gasteiger partial charge in [0.25, 0.3) is 0 Å². The number of aromatic nitrogens is 4. The number of morpholine rings is 1. The topological polar surface area (TPSA) is 88.5 Å². The average Bonchev–Trinajstić information content (AvgIpc) is 3.18. The van der Waals surface area contributed by atoms with Crippen molar-refractivity contribution in [2.45, 2.75) is 32.5 Å². The zero-order valence-corrected chi connectivity index (χ0v) is 18.8. The summed E-state index contributed by atoms with van der Waals surface area (Å²) in [5.74, 6) is 1.97. The van der Waals surface area contributed by atoms with Crippen molar-refractivity contribution in [1.82, 2.24) is 25.7 Å². The Balaban J connectivity index is 1.58. The molecule has 0 saturated carbocycles. The highest BCUT2D eigenvalue weighted by molar-refractivity contribution is 7.26. The monoisotopic (exact) mass is 441 g/mol. The quantitative estimate of drug-likeness (QED) is 0.639. The van der Waals surface area contributed by atoms with Gasteiger partial charge in [-0.05, 0) is 24.6 Å². The van der Waals surface area contributed by atoms with E-state index in [9.17, 15) is 0 Å². The lowest BCUT2D eigenvalue weighted by atomic mass is 9.90. The molecule has 3 aromatic rings. The fraction of sp³-hybridized carbons (Fsp3) is 0.619. The predicted octanol–water partition coefficient (Wildman–Crippen LogP) is 1.73. The molecule has 9 nitrogen and oxygen atoms in total. The smallest absolute Gasteiger partial charge is 0.172 e. The lowest BCUT2D eigenvalue weighted by molar-refractivity contribution is -0.0395. The molecule has 0 atom stereocenters. The molecule has 164 valence electrons. The molecule has 0 amide bonds. The Morgan fingerprint density at radius 1 is 0.968 bits per heavy atom. The van der Waals surface area contributed by atoms with Crippen LogP contribution in [0.5, 0.6) is 0 Å². The van der Waals surface area contributed by atoms with Crippen LogP contribution in [0.2, 0.25) is 0 Å². The Hall–Kier alpha value is -2.14. The first-order valence-corrected chi connectivity index (χ1v) is 11.8. The molecule has 31 heavy (non-hydrogen) atoms. The van der Waals surface area contributed by atoms with Crippen molar-refractivity contribution < 1.29 is 9.47 Å². The maximum absolute atomic E-state index is 6.23. The summed E-state index contributed by atoms with van der Waals surface area (Å²) < 4.78 is 12.8. The van der Waals surface area contributed by atoms with Gasteiger partial charge in [0.05, 0.1) is 25.4 Å². The molecule has 6 rings (SSSR count). The first-order chi connectivity index (χ1) is 15.1. The molecule has 0 bridgehead atoms. The molecule has 3 aromatic heterocycles. The Labute approximate surface area is 184 Å². The summed E-state index contributed by atoms with van der Waals surface area (Å²) in [7, 11) is 0. The first-order valence-electron chi connectivity index (χ1n) is 11.0. The van der Waals surface area contributed by atoms with Crippen molar-refractivity contribution >= 4 is 43.4 Å². The fourth-order valence-electron chi connectivity index (χ4n) is 4.82. The van der Waals surface area contributed by atoms with E-state index in [2.05, 4.69) is 44.4 Å². The van der Waals surface area contributed by atoms with Gasteiger partial charge in [0.1, 0.15) is 20.9 Å². The van der Waals surface area contributed by atoms with E-state index in [1.807, 2.05) is 0 Å². The summed E-state index contributed by atoms with van der Waals surface area (Å²) in [4.78, 5) is 10.9. The van der Waals surface area contributed by atoms with Gasteiger partial charge in [0.2, 0.25) is 0 Å². The van der Waals surface area contributed by atoms with Gasteiger partial charge in [-0.25, -0.2) is 4.98 Å². The minimum atomic E-state index is -0.218. The highest BCUT2D eigenvalue weighted by atomic mass is 32.1. The number of nitrogens with zero attached hydrogens (tertiary/aromatic N) is 6. The predicted molar refractivity (Wildman–Crippen MR) is 121 cm³/mol. The minimum Gasteiger partial charge on any atom is -0.378 e. The number of pyridine rings is 1. The maximum atomic E-state index is 6.23. The van der Waals surface area contributed by atoms with Crippen LogP contribution in [-0.2, 0) is 22.5 Å². The van der Waals surface area contributed by atoms with Crippen molar-refractivity contribution in [3.8, 4) is 0 Å². The number of nitrogens with one attached hydrogen (secondary N) is 1. The van der Waals surface area contributed by atoms with Crippen LogP contribution in [0, 0.1) is 0 Å². The summed E-state index contributed by atoms with van der Waals surface area (Å²) in [5.41, 5.74) is 3.23. The number of anilines is 2. The van der Waals surface area contributed by atoms with Crippen molar-refractivity contribution in [2.75, 3.05) is 62.3 Å². The summed E-state index contributed by atoms with van der Waals surface area (Å²) in [6.07, 6.45) is 0.836. The van der Waals surface area contributed by atoms with E-state index in [4.69, 9.17) is 14.5 Å². The highest BCUT2D eigenvalue weighted by Crippen LogP contribution is 2.44. The zero-order chi connectivity index (χ0) is 21.0. The minimum absolute atomic E-state index is 0.218. The highest BCUT2D eigenvalue weighted by Gasteiger charge is 2.33. The van der Waals surface area contributed by atoms with E-state index < -0.39 is 0 Å². The van der Waals surface area contributed by atoms with Crippen LogP contribution < -0.4 is 15.1 Å². The van der Waals surface area contributed by atoms with Crippen LogP contribution in [-0.4, -0.2) is 78.5 Å². The number of hydrogen-bond acceptors (Lipinski definition) is 10. The van der Waals surface area contributed by atoms with Gasteiger partial charge in [0, 0.05) is 56.6 Å². The molecule has 6 heterocycles. The van der Waals surface area contributed by atoms with E-state index in [0.29, 0.717) is 19.8 Å². The van der Waals surface area contributed by atoms with Crippen molar-refractivity contribution in [1.29, 1.82) is 0 Å². The molecule has 0 aliphatic carbocycles. The van der Waals surface area contributed by atoms with Crippen molar-refractivity contribution in [3.63, 3.8) is 0 Å². The third kappa shape index (κ3) is 3.32. The summed E-state index contributed by atoms with van der Waals surface area (Å²) in [5, 5.41) is 17.7. The standard InChI is InChI=1S/C21H27N7O2S/c1-21(2)11-13-14(12-30-21)18(27-5-3-22-4-6-27)23-20-15(13)16-17(31-20)19(25-26-24-16)28-7-9-29-10-8-28/h22H,3-12H2,1-2H3. The molecule has 3 aliphatic rings. The normalized spacial score (nSPS) is 21.6. The second-order valence-corrected chi connectivity index (χ2v) is 10.0. The second kappa shape index (κ2) is 7.47. The number of hydrogen-bond donors (Lipinski definition) is 1. The number of ether oxygens (including phenoxy) is 2. The van der Waals surface area contributed by atoms with Gasteiger partial charge >= 0.3 is 0 Å². The molecular weight excluding hydrogens is 414 g/mol. The molecule has 1 N–H and O–H groups in total. The molecule has 0 aromatic carbocycles. The van der Waals surface area contributed by atoms with Crippen LogP contribution in [0.1, 0.15) is 25.0 Å². The zero-order valence-electron chi connectivity index (χ0n) is 18.0. The molecule has 0 spiro atoms. The van der Waals surface area contributed by atoms with Gasteiger partial charge in [-0.2, -0.15) is 0 Å². The van der Waals surface area contributed by atoms with Crippen LogP contribution in [0.15, 0.2) is 0 Å². The van der Waals surface area contributed by atoms with Crippen LogP contribution in [0.4, 0.5) is 11.6 Å². The van der Waals surface area contributed by atoms with Crippen molar-refractivity contribution in [3.05, 3.63) is 11.1 Å². The Bertz CT molecular complexity index is 1140. The Morgan fingerprint density at radius 2 is 1.74 bits per heavy atom. The van der Waals surface area contributed by atoms with Gasteiger partial charge in [-0.15, -0.1) is 21.5 Å². The fourth-order valence-corrected chi connectivity index (χ4v) is 5.97. The van der Waals surface area contributed by atoms with E-state index in [1.54, 1.807) is 11.3 Å². The second-order valence-electron chi connectivity index (χ2n) is 9.03. The van der Waals surface area contributed by atoms with Gasteiger partial charge < -0.3 is 24.6 Å². The summed E-state index contributed by atoms with van der Waals surface area (Å²) >= 11 is 1.69. The number of piperazine rings is 1. The molecule has 2 saturated heterocycles. The Kier molecular flexibility index (Phi) is 4.71. The number of rotatable bonds is 2. The largest absolute Gasteiger partial charge is 0.378 e. The van der Waals surface area contributed by atoms with Gasteiger partial charge in [-0.1, -0.05) is 0 Å². The van der Waals surface area contributed by atoms with Crippen LogP contribution in [0.3, 0.4) is 0 Å². The Morgan fingerprint density at radius 3 is 2.55 bits per heavy atom. The SMILES string of the molecule is CC1(C)Cc2c(c(N3CCNCC3)nc3sc4c(N5CCOCC5)nnnc4c23)CO1. The summed E-state index contributed by atoms with van der Waals surface area (Å²) in [6.45, 7) is 11.8. The summed E-state index contributed by atoms with van der Waals surface area (Å²) in [6, 6.07) is 0. The third-order valence-electron chi connectivity index (χ3n) is 6.43. The molecule has 0 radical (unpaired) electrons. The van der Waals surface area contributed by atoms with Crippen LogP contribution in [0.25, 0.3) is 20.4 Å². The molecular formula is C21H27N7O2S. The maximum Gasteiger partial charge on any atom is 0.172 e. The molecule has 0 unspecified atom stereocenters. The lowest BCUT2D eigenvalue weighted by Gasteiger charge is -2.36. The van der Waals surface area contributed by atoms with Crippen LogP contribution >= 0.6 is 11.3 Å². The van der Waals surface area contributed by atoms with E-state index >= 15 is 0 Å². The van der Waals surface area contributed by atoms with Gasteiger partial charge in [-0.3, -0.25) is 0 Å². The van der Waals surface area contributed by atoms with E-state index in [-0.39, 0.29) is 5.60 Å². The van der Waals surface area contributed by atoms with Gasteiger partial charge in [0.15, 0.2) is 5.82 Å². The van der Waals surface area contributed by atoms with Crippen molar-refractivity contribution in [2.24, 2.45) is 0 Å². The first kappa shape index (κ1) is 19.5.